The van der Waals surface area contributed by atoms with E-state index in [1.54, 1.807) is 0 Å². The predicted molar refractivity (Wildman–Crippen MR) is 74.4 cm³/mol. The molecule has 0 saturated heterocycles. The van der Waals surface area contributed by atoms with Gasteiger partial charge >= 0.3 is 0 Å². The van der Waals surface area contributed by atoms with Crippen molar-refractivity contribution in [3.8, 4) is 0 Å². The molecular formula is C14H22O7. The van der Waals surface area contributed by atoms with Gasteiger partial charge in [-0.25, -0.2) is 0 Å². The van der Waals surface area contributed by atoms with Gasteiger partial charge in [0.15, 0.2) is 6.29 Å². The zero-order chi connectivity index (χ0) is 16.3. The monoisotopic (exact) mass is 302 g/mol. The van der Waals surface area contributed by atoms with Crippen molar-refractivity contribution in [1.29, 1.82) is 0 Å². The van der Waals surface area contributed by atoms with Gasteiger partial charge in [0.25, 0.3) is 0 Å². The summed E-state index contributed by atoms with van der Waals surface area (Å²) in [5.74, 6) is 0. The highest BCUT2D eigenvalue weighted by Crippen LogP contribution is 2.03. The second kappa shape index (κ2) is 11.3. The number of benzene rings is 1. The zero-order valence-electron chi connectivity index (χ0n) is 11.5. The fourth-order valence-corrected chi connectivity index (χ4v) is 1.39. The number of carbonyl (C=O) groups excluding carboxylic acids is 1. The van der Waals surface area contributed by atoms with Crippen molar-refractivity contribution in [2.45, 2.75) is 30.8 Å². The van der Waals surface area contributed by atoms with Gasteiger partial charge in [0, 0.05) is 6.61 Å². The Balaban J connectivity index is 0.000000394. The standard InChI is InChI=1S/C8H10O.C6H12O6/c9-7-6-8-4-2-1-3-5-8;7-1-3(9)5(11)6(12)4(10)2-8/h1-5,9H,6-7H2;1,3-6,8-12H,2H2. The van der Waals surface area contributed by atoms with E-state index in [2.05, 4.69) is 0 Å². The number of aliphatic hydroxyl groups excluding tert-OH is 6. The summed E-state index contributed by atoms with van der Waals surface area (Å²) >= 11 is 0. The van der Waals surface area contributed by atoms with E-state index in [1.807, 2.05) is 30.3 Å². The molecule has 0 bridgehead atoms. The minimum atomic E-state index is -1.79. The van der Waals surface area contributed by atoms with Crippen molar-refractivity contribution in [1.82, 2.24) is 0 Å². The van der Waals surface area contributed by atoms with Crippen LogP contribution in [0, 0.1) is 0 Å². The average molecular weight is 302 g/mol. The van der Waals surface area contributed by atoms with E-state index in [-0.39, 0.29) is 12.9 Å². The van der Waals surface area contributed by atoms with Crippen LogP contribution in [0.2, 0.25) is 0 Å². The van der Waals surface area contributed by atoms with Crippen LogP contribution in [0.1, 0.15) is 5.56 Å². The van der Waals surface area contributed by atoms with Crippen molar-refractivity contribution in [2.75, 3.05) is 13.2 Å². The van der Waals surface area contributed by atoms with E-state index in [4.69, 9.17) is 30.6 Å². The Kier molecular flexibility index (Phi) is 10.6. The number of hydrogen-bond donors (Lipinski definition) is 6. The molecule has 7 nitrogen and oxygen atoms in total. The lowest BCUT2D eigenvalue weighted by atomic mass is 10.0. The summed E-state index contributed by atoms with van der Waals surface area (Å²) in [7, 11) is 0. The third-order valence-corrected chi connectivity index (χ3v) is 2.66. The van der Waals surface area contributed by atoms with Crippen molar-refractivity contribution in [3.05, 3.63) is 35.9 Å². The van der Waals surface area contributed by atoms with E-state index >= 15 is 0 Å². The Morgan fingerprint density at radius 1 is 0.952 bits per heavy atom. The lowest BCUT2D eigenvalue weighted by Gasteiger charge is -2.22. The minimum Gasteiger partial charge on any atom is -0.396 e. The number of aldehydes is 1. The topological polar surface area (TPSA) is 138 Å². The summed E-state index contributed by atoms with van der Waals surface area (Å²) in [6, 6.07) is 9.95. The van der Waals surface area contributed by atoms with Crippen LogP contribution in [0.3, 0.4) is 0 Å². The maximum Gasteiger partial charge on any atom is 0.151 e. The zero-order valence-corrected chi connectivity index (χ0v) is 11.5. The second-order valence-corrected chi connectivity index (χ2v) is 4.32. The maximum atomic E-state index is 9.90. The fourth-order valence-electron chi connectivity index (χ4n) is 1.39. The van der Waals surface area contributed by atoms with Gasteiger partial charge in [-0.05, 0) is 12.0 Å². The first-order chi connectivity index (χ1) is 9.97. The molecule has 0 radical (unpaired) electrons. The highest BCUT2D eigenvalue weighted by atomic mass is 16.4. The summed E-state index contributed by atoms with van der Waals surface area (Å²) in [5.41, 5.74) is 1.19. The molecule has 0 aromatic heterocycles. The van der Waals surface area contributed by atoms with Crippen LogP contribution in [0.4, 0.5) is 0 Å². The van der Waals surface area contributed by atoms with Crippen molar-refractivity contribution in [2.24, 2.45) is 0 Å². The smallest absolute Gasteiger partial charge is 0.151 e. The normalized spacial score (nSPS) is 16.1. The highest BCUT2D eigenvalue weighted by molar-refractivity contribution is 5.56. The summed E-state index contributed by atoms with van der Waals surface area (Å²) < 4.78 is 0. The fraction of sp³-hybridized carbons (Fsp3) is 0.500. The molecule has 0 spiro atoms. The van der Waals surface area contributed by atoms with Crippen LogP contribution < -0.4 is 0 Å². The first-order valence-corrected chi connectivity index (χ1v) is 6.41. The van der Waals surface area contributed by atoms with Crippen LogP contribution in [-0.2, 0) is 11.2 Å². The molecule has 6 N–H and O–H groups in total. The molecule has 1 rings (SSSR count). The molecule has 120 valence electrons. The lowest BCUT2D eigenvalue weighted by molar-refractivity contribution is -0.136. The van der Waals surface area contributed by atoms with Gasteiger partial charge in [0.1, 0.15) is 24.4 Å². The van der Waals surface area contributed by atoms with Crippen LogP contribution in [0.25, 0.3) is 0 Å². The molecule has 0 aliphatic heterocycles. The largest absolute Gasteiger partial charge is 0.396 e. The van der Waals surface area contributed by atoms with E-state index in [0.717, 1.165) is 6.42 Å². The van der Waals surface area contributed by atoms with Crippen molar-refractivity contribution in [3.63, 3.8) is 0 Å². The molecule has 4 unspecified atom stereocenters. The van der Waals surface area contributed by atoms with Gasteiger partial charge in [-0.2, -0.15) is 0 Å². The Labute approximate surface area is 122 Å². The van der Waals surface area contributed by atoms with Gasteiger partial charge in [0.2, 0.25) is 0 Å². The van der Waals surface area contributed by atoms with Crippen LogP contribution in [0.5, 0.6) is 0 Å². The molecule has 0 fully saturated rings. The Morgan fingerprint density at radius 2 is 1.52 bits per heavy atom. The summed E-state index contributed by atoms with van der Waals surface area (Å²) in [4.78, 5) is 9.90. The maximum absolute atomic E-state index is 9.90. The van der Waals surface area contributed by atoms with E-state index in [9.17, 15) is 4.79 Å². The molecule has 0 amide bonds. The third kappa shape index (κ3) is 7.86. The van der Waals surface area contributed by atoms with Crippen molar-refractivity contribution >= 4 is 6.29 Å². The molecule has 0 saturated carbocycles. The number of carbonyl (C=O) groups is 1. The number of rotatable bonds is 7. The van der Waals surface area contributed by atoms with Crippen LogP contribution in [0.15, 0.2) is 30.3 Å². The third-order valence-electron chi connectivity index (χ3n) is 2.66. The number of hydrogen-bond acceptors (Lipinski definition) is 7. The summed E-state index contributed by atoms with van der Waals surface area (Å²) in [6.45, 7) is -0.520. The van der Waals surface area contributed by atoms with Crippen molar-refractivity contribution < 1.29 is 35.4 Å². The van der Waals surface area contributed by atoms with Crippen LogP contribution >= 0.6 is 0 Å². The molecule has 0 heterocycles. The average Bonchev–Trinajstić information content (AvgIpc) is 2.53. The minimum absolute atomic E-state index is 0.0258. The molecule has 4 atom stereocenters. The summed E-state index contributed by atoms with van der Waals surface area (Å²) in [6.07, 6.45) is -6.07. The molecule has 1 aromatic carbocycles. The van der Waals surface area contributed by atoms with E-state index in [1.165, 1.54) is 5.56 Å². The first kappa shape index (κ1) is 19.7. The Bertz CT molecular complexity index is 371. The highest BCUT2D eigenvalue weighted by Gasteiger charge is 2.29. The molecule has 0 aliphatic carbocycles. The van der Waals surface area contributed by atoms with Gasteiger partial charge in [-0.3, -0.25) is 0 Å². The quantitative estimate of drug-likeness (QED) is 0.315. The molecule has 1 aromatic rings. The summed E-state index contributed by atoms with van der Waals surface area (Å²) in [5, 5.41) is 52.1. The first-order valence-electron chi connectivity index (χ1n) is 6.41. The lowest BCUT2D eigenvalue weighted by Crippen LogP contribution is -2.46. The van der Waals surface area contributed by atoms with Crippen LogP contribution in [-0.4, -0.2) is 74.6 Å². The molecule has 0 aliphatic rings. The predicted octanol–water partition coefficient (Wildman–Crippen LogP) is -2.16. The molecular weight excluding hydrogens is 280 g/mol. The molecule has 7 heteroatoms. The van der Waals surface area contributed by atoms with Gasteiger partial charge in [0.05, 0.1) is 6.61 Å². The van der Waals surface area contributed by atoms with E-state index in [0.29, 0.717) is 0 Å². The molecule has 21 heavy (non-hydrogen) atoms. The van der Waals surface area contributed by atoms with E-state index < -0.39 is 31.0 Å². The SMILES string of the molecule is O=CC(O)C(O)C(O)C(O)CO.OCCc1ccccc1. The van der Waals surface area contributed by atoms with Gasteiger partial charge in [-0.15, -0.1) is 0 Å². The Hall–Kier alpha value is -1.35. The second-order valence-electron chi connectivity index (χ2n) is 4.32. The number of aliphatic hydroxyl groups is 6. The van der Waals surface area contributed by atoms with Gasteiger partial charge in [-0.1, -0.05) is 30.3 Å². The Morgan fingerprint density at radius 3 is 1.95 bits per heavy atom. The van der Waals surface area contributed by atoms with Gasteiger partial charge < -0.3 is 35.4 Å².